The summed E-state index contributed by atoms with van der Waals surface area (Å²) < 4.78 is 12.7. The van der Waals surface area contributed by atoms with Gasteiger partial charge in [0.15, 0.2) is 0 Å². The van der Waals surface area contributed by atoms with Crippen LogP contribution in [0.15, 0.2) is 29.3 Å². The Labute approximate surface area is 75.7 Å². The highest BCUT2D eigenvalue weighted by Gasteiger charge is 2.00. The molecule has 12 heavy (non-hydrogen) atoms. The van der Waals surface area contributed by atoms with E-state index in [0.717, 1.165) is 10.6 Å². The third kappa shape index (κ3) is 2.08. The molecule has 0 fully saturated rings. The molecule has 0 heterocycles. The Morgan fingerprint density at radius 2 is 2.25 bits per heavy atom. The Hall–Kier alpha value is -0.830. The van der Waals surface area contributed by atoms with Gasteiger partial charge < -0.3 is 0 Å². The number of nitrogens with zero attached hydrogens (tertiary/aromatic N) is 1. The fraction of sp³-hybridized carbons (Fsp3) is 0.222. The van der Waals surface area contributed by atoms with E-state index >= 15 is 0 Å². The van der Waals surface area contributed by atoms with Crippen molar-refractivity contribution in [2.45, 2.75) is 0 Å². The lowest BCUT2D eigenvalue weighted by molar-refractivity contribution is 0.627. The summed E-state index contributed by atoms with van der Waals surface area (Å²) in [6.07, 6.45) is 1.92. The summed E-state index contributed by atoms with van der Waals surface area (Å²) in [7, 11) is 1.71. The topological polar surface area (TPSA) is 12.4 Å². The molecule has 0 spiro atoms. The highest BCUT2D eigenvalue weighted by molar-refractivity contribution is 8.13. The zero-order valence-electron chi connectivity index (χ0n) is 7.04. The smallest absolute Gasteiger partial charge is 0.123 e. The zero-order valence-corrected chi connectivity index (χ0v) is 7.86. The summed E-state index contributed by atoms with van der Waals surface area (Å²) in [6, 6.07) is 6.45. The third-order valence-corrected chi connectivity index (χ3v) is 2.27. The van der Waals surface area contributed by atoms with Crippen LogP contribution < -0.4 is 0 Å². The highest BCUT2D eigenvalue weighted by atomic mass is 32.2. The van der Waals surface area contributed by atoms with Gasteiger partial charge in [-0.1, -0.05) is 12.1 Å². The van der Waals surface area contributed by atoms with E-state index in [9.17, 15) is 4.39 Å². The van der Waals surface area contributed by atoms with Gasteiger partial charge >= 0.3 is 0 Å². The minimum Gasteiger partial charge on any atom is -0.281 e. The van der Waals surface area contributed by atoms with E-state index in [1.807, 2.05) is 12.3 Å². The maximum Gasteiger partial charge on any atom is 0.123 e. The fourth-order valence-electron chi connectivity index (χ4n) is 0.960. The lowest BCUT2D eigenvalue weighted by Crippen LogP contribution is -1.94. The molecular formula is C9H10FNS. The van der Waals surface area contributed by atoms with E-state index in [1.165, 1.54) is 23.9 Å². The Morgan fingerprint density at radius 1 is 1.50 bits per heavy atom. The molecule has 0 bridgehead atoms. The largest absolute Gasteiger partial charge is 0.281 e. The minimum absolute atomic E-state index is 0.220. The number of halogens is 1. The van der Waals surface area contributed by atoms with Gasteiger partial charge in [-0.2, -0.15) is 0 Å². The van der Waals surface area contributed by atoms with Crippen molar-refractivity contribution in [1.29, 1.82) is 0 Å². The second kappa shape index (κ2) is 4.26. The van der Waals surface area contributed by atoms with Crippen LogP contribution >= 0.6 is 11.8 Å². The van der Waals surface area contributed by atoms with E-state index in [-0.39, 0.29) is 5.82 Å². The molecule has 1 rings (SSSR count). The predicted molar refractivity (Wildman–Crippen MR) is 52.4 cm³/mol. The second-order valence-electron chi connectivity index (χ2n) is 2.24. The Kier molecular flexibility index (Phi) is 3.29. The molecule has 0 radical (unpaired) electrons. The first kappa shape index (κ1) is 9.26. The molecule has 1 aromatic rings. The second-order valence-corrected chi connectivity index (χ2v) is 3.04. The van der Waals surface area contributed by atoms with Gasteiger partial charge in [0.2, 0.25) is 0 Å². The number of benzene rings is 1. The van der Waals surface area contributed by atoms with Crippen LogP contribution in [0.4, 0.5) is 4.39 Å². The number of rotatable bonds is 1. The molecule has 0 N–H and O–H groups in total. The van der Waals surface area contributed by atoms with Crippen LogP contribution in [0.2, 0.25) is 0 Å². The lowest BCUT2D eigenvalue weighted by Gasteiger charge is -2.00. The Bertz CT molecular complexity index is 296. The maximum atomic E-state index is 12.7. The molecule has 0 unspecified atom stereocenters. The SMILES string of the molecule is C/N=C(/SC)c1cccc(F)c1. The molecular weight excluding hydrogens is 173 g/mol. The molecule has 0 aliphatic carbocycles. The van der Waals surface area contributed by atoms with Gasteiger partial charge in [-0.25, -0.2) is 4.39 Å². The molecule has 0 amide bonds. The van der Waals surface area contributed by atoms with Crippen LogP contribution in [0.5, 0.6) is 0 Å². The van der Waals surface area contributed by atoms with Crippen molar-refractivity contribution < 1.29 is 4.39 Å². The molecule has 0 aliphatic rings. The van der Waals surface area contributed by atoms with E-state index in [0.29, 0.717) is 0 Å². The average Bonchev–Trinajstić information content (AvgIpc) is 2.07. The van der Waals surface area contributed by atoms with Crippen molar-refractivity contribution in [3.63, 3.8) is 0 Å². The van der Waals surface area contributed by atoms with E-state index in [1.54, 1.807) is 13.1 Å². The lowest BCUT2D eigenvalue weighted by atomic mass is 10.2. The van der Waals surface area contributed by atoms with Crippen LogP contribution in [0, 0.1) is 5.82 Å². The molecule has 0 atom stereocenters. The number of hydrogen-bond acceptors (Lipinski definition) is 2. The number of aliphatic imine (C=N–C) groups is 1. The molecule has 0 aliphatic heterocycles. The molecule has 0 saturated heterocycles. The van der Waals surface area contributed by atoms with E-state index in [2.05, 4.69) is 4.99 Å². The van der Waals surface area contributed by atoms with Crippen molar-refractivity contribution in [3.05, 3.63) is 35.6 Å². The Morgan fingerprint density at radius 3 is 2.75 bits per heavy atom. The van der Waals surface area contributed by atoms with Gasteiger partial charge in [0, 0.05) is 12.6 Å². The molecule has 1 aromatic carbocycles. The standard InChI is InChI=1S/C9H10FNS/c1-11-9(12-2)7-4-3-5-8(10)6-7/h3-6H,1-2H3/b11-9+. The molecule has 0 aromatic heterocycles. The van der Waals surface area contributed by atoms with Crippen LogP contribution in [-0.2, 0) is 0 Å². The summed E-state index contributed by atoms with van der Waals surface area (Å²) >= 11 is 1.52. The molecule has 64 valence electrons. The van der Waals surface area contributed by atoms with Crippen LogP contribution in [0.1, 0.15) is 5.56 Å². The van der Waals surface area contributed by atoms with Crippen molar-refractivity contribution >= 4 is 16.8 Å². The summed E-state index contributed by atoms with van der Waals surface area (Å²) in [6.45, 7) is 0. The fourth-order valence-corrected chi connectivity index (χ4v) is 1.50. The summed E-state index contributed by atoms with van der Waals surface area (Å²) in [4.78, 5) is 4.03. The van der Waals surface area contributed by atoms with Gasteiger partial charge in [0.1, 0.15) is 5.82 Å². The van der Waals surface area contributed by atoms with Crippen LogP contribution in [-0.4, -0.2) is 18.3 Å². The monoisotopic (exact) mass is 183 g/mol. The van der Waals surface area contributed by atoms with Gasteiger partial charge in [0.25, 0.3) is 0 Å². The first-order valence-electron chi connectivity index (χ1n) is 3.54. The van der Waals surface area contributed by atoms with Gasteiger partial charge in [-0.05, 0) is 18.4 Å². The third-order valence-electron chi connectivity index (χ3n) is 1.47. The van der Waals surface area contributed by atoms with Crippen molar-refractivity contribution in [1.82, 2.24) is 0 Å². The first-order chi connectivity index (χ1) is 5.77. The minimum atomic E-state index is -0.220. The van der Waals surface area contributed by atoms with E-state index in [4.69, 9.17) is 0 Å². The Balaban J connectivity index is 3.02. The van der Waals surface area contributed by atoms with E-state index < -0.39 is 0 Å². The van der Waals surface area contributed by atoms with Gasteiger partial charge in [0.05, 0.1) is 5.04 Å². The summed E-state index contributed by atoms with van der Waals surface area (Å²) in [5.74, 6) is -0.220. The summed E-state index contributed by atoms with van der Waals surface area (Å²) in [5.41, 5.74) is 0.838. The quantitative estimate of drug-likeness (QED) is 0.481. The number of hydrogen-bond donors (Lipinski definition) is 0. The van der Waals surface area contributed by atoms with Crippen LogP contribution in [0.3, 0.4) is 0 Å². The molecule has 3 heteroatoms. The number of thioether (sulfide) groups is 1. The van der Waals surface area contributed by atoms with Crippen molar-refractivity contribution in [3.8, 4) is 0 Å². The zero-order chi connectivity index (χ0) is 8.97. The molecule has 0 saturated carbocycles. The predicted octanol–water partition coefficient (Wildman–Crippen LogP) is 2.57. The van der Waals surface area contributed by atoms with Crippen LogP contribution in [0.25, 0.3) is 0 Å². The van der Waals surface area contributed by atoms with Gasteiger partial charge in [-0.15, -0.1) is 11.8 Å². The first-order valence-corrected chi connectivity index (χ1v) is 4.77. The molecule has 1 nitrogen and oxygen atoms in total. The van der Waals surface area contributed by atoms with Gasteiger partial charge in [-0.3, -0.25) is 4.99 Å². The maximum absolute atomic E-state index is 12.7. The average molecular weight is 183 g/mol. The summed E-state index contributed by atoms with van der Waals surface area (Å²) in [5, 5.41) is 0.856. The highest BCUT2D eigenvalue weighted by Crippen LogP contribution is 2.11. The van der Waals surface area contributed by atoms with Crippen molar-refractivity contribution in [2.24, 2.45) is 4.99 Å². The van der Waals surface area contributed by atoms with Crippen molar-refractivity contribution in [2.75, 3.05) is 13.3 Å². The normalized spacial score (nSPS) is 11.8.